The van der Waals surface area contributed by atoms with Crippen LogP contribution in [-0.2, 0) is 5.41 Å². The molecule has 1 aromatic heterocycles. The predicted octanol–water partition coefficient (Wildman–Crippen LogP) is 3.16. The van der Waals surface area contributed by atoms with Crippen LogP contribution in [0.4, 0.5) is 0 Å². The summed E-state index contributed by atoms with van der Waals surface area (Å²) >= 11 is 0. The van der Waals surface area contributed by atoms with E-state index < -0.39 is 0 Å². The molecular weight excluding hydrogens is 146 g/mol. The summed E-state index contributed by atoms with van der Waals surface area (Å²) < 4.78 is 0. The first kappa shape index (κ1) is 9.24. The molecule has 0 N–H and O–H groups in total. The molecule has 1 saturated carbocycles. The van der Waals surface area contributed by atoms with E-state index in [1.54, 1.807) is 0 Å². The molecule has 0 aliphatic heterocycles. The van der Waals surface area contributed by atoms with Crippen molar-refractivity contribution in [3.8, 4) is 0 Å². The highest BCUT2D eigenvalue weighted by Crippen LogP contribution is 2.47. The SMILES string of the molecule is CC.CC1(c2ccncc2)CC1. The molecule has 1 nitrogen and oxygen atoms in total. The molecule has 0 bridgehead atoms. The Morgan fingerprint density at radius 3 is 2.08 bits per heavy atom. The average molecular weight is 163 g/mol. The second-order valence-corrected chi connectivity index (χ2v) is 3.30. The van der Waals surface area contributed by atoms with Crippen molar-refractivity contribution in [1.82, 2.24) is 4.98 Å². The van der Waals surface area contributed by atoms with Gasteiger partial charge in [0.1, 0.15) is 0 Å². The van der Waals surface area contributed by atoms with Gasteiger partial charge in [0.15, 0.2) is 0 Å². The second kappa shape index (κ2) is 3.70. The quantitative estimate of drug-likeness (QED) is 0.619. The van der Waals surface area contributed by atoms with Crippen LogP contribution in [0, 0.1) is 0 Å². The minimum absolute atomic E-state index is 0.503. The second-order valence-electron chi connectivity index (χ2n) is 3.30. The number of aromatic nitrogens is 1. The van der Waals surface area contributed by atoms with Gasteiger partial charge in [0.25, 0.3) is 0 Å². The van der Waals surface area contributed by atoms with Gasteiger partial charge in [-0.15, -0.1) is 0 Å². The fraction of sp³-hybridized carbons (Fsp3) is 0.545. The molecule has 0 saturated heterocycles. The zero-order valence-electron chi connectivity index (χ0n) is 8.17. The molecule has 1 aliphatic carbocycles. The third-order valence-electron chi connectivity index (χ3n) is 2.38. The number of hydrogen-bond acceptors (Lipinski definition) is 1. The summed E-state index contributed by atoms with van der Waals surface area (Å²) in [5, 5.41) is 0. The van der Waals surface area contributed by atoms with Gasteiger partial charge in [0.2, 0.25) is 0 Å². The summed E-state index contributed by atoms with van der Waals surface area (Å²) in [6.07, 6.45) is 6.44. The van der Waals surface area contributed by atoms with Gasteiger partial charge in [0.05, 0.1) is 0 Å². The van der Waals surface area contributed by atoms with Gasteiger partial charge >= 0.3 is 0 Å². The molecule has 2 rings (SSSR count). The Hall–Kier alpha value is -0.850. The minimum atomic E-state index is 0.503. The molecule has 0 atom stereocenters. The summed E-state index contributed by atoms with van der Waals surface area (Å²) in [7, 11) is 0. The van der Waals surface area contributed by atoms with Crippen LogP contribution < -0.4 is 0 Å². The molecule has 1 aromatic rings. The van der Waals surface area contributed by atoms with Crippen LogP contribution in [0.2, 0.25) is 0 Å². The number of rotatable bonds is 1. The highest BCUT2D eigenvalue weighted by Gasteiger charge is 2.38. The maximum absolute atomic E-state index is 3.99. The topological polar surface area (TPSA) is 12.9 Å². The maximum atomic E-state index is 3.99. The van der Waals surface area contributed by atoms with Crippen LogP contribution in [0.1, 0.15) is 39.2 Å². The molecule has 0 unspecified atom stereocenters. The Balaban J connectivity index is 0.000000336. The lowest BCUT2D eigenvalue weighted by Crippen LogP contribution is -1.98. The molecule has 0 aromatic carbocycles. The van der Waals surface area contributed by atoms with Gasteiger partial charge in [-0.25, -0.2) is 0 Å². The zero-order valence-corrected chi connectivity index (χ0v) is 8.17. The number of nitrogens with zero attached hydrogens (tertiary/aromatic N) is 1. The molecule has 1 fully saturated rings. The van der Waals surface area contributed by atoms with Crippen molar-refractivity contribution in [2.75, 3.05) is 0 Å². The van der Waals surface area contributed by atoms with Crippen molar-refractivity contribution in [3.63, 3.8) is 0 Å². The van der Waals surface area contributed by atoms with E-state index in [2.05, 4.69) is 24.0 Å². The smallest absolute Gasteiger partial charge is 0.0270 e. The van der Waals surface area contributed by atoms with Gasteiger partial charge in [-0.2, -0.15) is 0 Å². The summed E-state index contributed by atoms with van der Waals surface area (Å²) in [4.78, 5) is 3.99. The van der Waals surface area contributed by atoms with Crippen molar-refractivity contribution in [3.05, 3.63) is 30.1 Å². The third-order valence-corrected chi connectivity index (χ3v) is 2.38. The first-order valence-corrected chi connectivity index (χ1v) is 4.72. The van der Waals surface area contributed by atoms with E-state index in [0.29, 0.717) is 5.41 Å². The van der Waals surface area contributed by atoms with E-state index in [9.17, 15) is 0 Å². The average Bonchev–Trinajstić information content (AvgIpc) is 2.90. The molecular formula is C11H17N. The highest BCUT2D eigenvalue weighted by atomic mass is 14.6. The zero-order chi connectivity index (χ0) is 9.03. The first-order chi connectivity index (χ1) is 5.81. The molecule has 0 spiro atoms. The Morgan fingerprint density at radius 2 is 1.67 bits per heavy atom. The Labute approximate surface area is 74.8 Å². The molecule has 66 valence electrons. The summed E-state index contributed by atoms with van der Waals surface area (Å²) in [5.41, 5.74) is 1.95. The molecule has 0 amide bonds. The van der Waals surface area contributed by atoms with Gasteiger partial charge in [0, 0.05) is 12.4 Å². The molecule has 1 aliphatic rings. The van der Waals surface area contributed by atoms with Crippen LogP contribution in [0.15, 0.2) is 24.5 Å². The van der Waals surface area contributed by atoms with Crippen molar-refractivity contribution in [1.29, 1.82) is 0 Å². The summed E-state index contributed by atoms with van der Waals surface area (Å²) in [6, 6.07) is 4.24. The highest BCUT2D eigenvalue weighted by molar-refractivity contribution is 5.27. The lowest BCUT2D eigenvalue weighted by molar-refractivity contribution is 0.785. The van der Waals surface area contributed by atoms with E-state index in [4.69, 9.17) is 0 Å². The number of pyridine rings is 1. The van der Waals surface area contributed by atoms with Crippen LogP contribution in [0.5, 0.6) is 0 Å². The fourth-order valence-electron chi connectivity index (χ4n) is 1.23. The van der Waals surface area contributed by atoms with Crippen molar-refractivity contribution in [2.45, 2.75) is 39.0 Å². The monoisotopic (exact) mass is 163 g/mol. The van der Waals surface area contributed by atoms with Crippen LogP contribution in [0.3, 0.4) is 0 Å². The van der Waals surface area contributed by atoms with Crippen LogP contribution >= 0.6 is 0 Å². The lowest BCUT2D eigenvalue weighted by atomic mass is 10.0. The maximum Gasteiger partial charge on any atom is 0.0270 e. The van der Waals surface area contributed by atoms with E-state index in [0.717, 1.165) is 0 Å². The standard InChI is InChI=1S/C9H11N.C2H6/c1-9(4-5-9)8-2-6-10-7-3-8;1-2/h2-3,6-7H,4-5H2,1H3;1-2H3. The normalized spacial score (nSPS) is 17.6. The Kier molecular flexibility index (Phi) is 2.85. The predicted molar refractivity (Wildman–Crippen MR) is 52.2 cm³/mol. The van der Waals surface area contributed by atoms with E-state index in [1.807, 2.05) is 26.2 Å². The first-order valence-electron chi connectivity index (χ1n) is 4.72. The van der Waals surface area contributed by atoms with Gasteiger partial charge in [-0.3, -0.25) is 4.98 Å². The van der Waals surface area contributed by atoms with E-state index in [1.165, 1.54) is 18.4 Å². The van der Waals surface area contributed by atoms with Crippen LogP contribution in [-0.4, -0.2) is 4.98 Å². The van der Waals surface area contributed by atoms with Crippen molar-refractivity contribution >= 4 is 0 Å². The number of hydrogen-bond donors (Lipinski definition) is 0. The largest absolute Gasteiger partial charge is 0.265 e. The molecule has 0 radical (unpaired) electrons. The van der Waals surface area contributed by atoms with Gasteiger partial charge in [-0.05, 0) is 36.0 Å². The molecule has 12 heavy (non-hydrogen) atoms. The lowest BCUT2D eigenvalue weighted by Gasteiger charge is -2.05. The van der Waals surface area contributed by atoms with Gasteiger partial charge in [-0.1, -0.05) is 20.8 Å². The fourth-order valence-corrected chi connectivity index (χ4v) is 1.23. The Morgan fingerprint density at radius 1 is 1.17 bits per heavy atom. The minimum Gasteiger partial charge on any atom is -0.265 e. The van der Waals surface area contributed by atoms with Crippen LogP contribution in [0.25, 0.3) is 0 Å². The van der Waals surface area contributed by atoms with Crippen molar-refractivity contribution < 1.29 is 0 Å². The van der Waals surface area contributed by atoms with E-state index >= 15 is 0 Å². The summed E-state index contributed by atoms with van der Waals surface area (Å²) in [6.45, 7) is 6.31. The van der Waals surface area contributed by atoms with Gasteiger partial charge < -0.3 is 0 Å². The third kappa shape index (κ3) is 1.84. The Bertz CT molecular complexity index is 224. The molecule has 1 heterocycles. The molecule has 1 heteroatoms. The van der Waals surface area contributed by atoms with E-state index in [-0.39, 0.29) is 0 Å². The van der Waals surface area contributed by atoms with Crippen molar-refractivity contribution in [2.24, 2.45) is 0 Å². The summed E-state index contributed by atoms with van der Waals surface area (Å²) in [5.74, 6) is 0.